The van der Waals surface area contributed by atoms with Crippen molar-refractivity contribution in [1.29, 1.82) is 0 Å². The molecule has 1 heterocycles. The van der Waals surface area contributed by atoms with E-state index in [9.17, 15) is 14.4 Å². The summed E-state index contributed by atoms with van der Waals surface area (Å²) in [6.45, 7) is 2.07. The molecule has 1 aromatic rings. The molecule has 1 aliphatic rings. The van der Waals surface area contributed by atoms with Gasteiger partial charge in [-0.05, 0) is 24.1 Å². The maximum atomic E-state index is 12.3. The number of ether oxygens (including phenoxy) is 1. The fourth-order valence-electron chi connectivity index (χ4n) is 2.57. The number of benzene rings is 1. The van der Waals surface area contributed by atoms with Gasteiger partial charge >= 0.3 is 5.97 Å². The maximum Gasteiger partial charge on any atom is 0.337 e. The number of methoxy groups -OCH3 is 1. The van der Waals surface area contributed by atoms with Crippen molar-refractivity contribution in [3.63, 3.8) is 0 Å². The summed E-state index contributed by atoms with van der Waals surface area (Å²) in [5.74, 6) is 0.313. The SMILES string of the molecule is CNc1ccc(C(=O)OC)cc1N1CC(CSC(C)=O)CC1=O. The maximum absolute atomic E-state index is 12.3. The molecule has 1 N–H and O–H groups in total. The quantitative estimate of drug-likeness (QED) is 0.831. The number of nitrogens with one attached hydrogen (secondary N) is 1. The Hall–Kier alpha value is -2.02. The molecule has 1 fully saturated rings. The minimum Gasteiger partial charge on any atom is -0.465 e. The zero-order valence-corrected chi connectivity index (χ0v) is 14.2. The largest absolute Gasteiger partial charge is 0.465 e. The van der Waals surface area contributed by atoms with E-state index >= 15 is 0 Å². The Morgan fingerprint density at radius 2 is 2.17 bits per heavy atom. The Morgan fingerprint density at radius 1 is 1.43 bits per heavy atom. The van der Waals surface area contributed by atoms with Crippen molar-refractivity contribution in [3.05, 3.63) is 23.8 Å². The summed E-state index contributed by atoms with van der Waals surface area (Å²) in [7, 11) is 3.09. The van der Waals surface area contributed by atoms with Crippen LogP contribution in [0.3, 0.4) is 0 Å². The molecule has 1 amide bonds. The van der Waals surface area contributed by atoms with Crippen LogP contribution in [0.15, 0.2) is 18.2 Å². The first-order valence-corrected chi connectivity index (χ1v) is 8.28. The molecule has 1 unspecified atom stereocenters. The second kappa shape index (κ2) is 7.50. The minimum atomic E-state index is -0.441. The lowest BCUT2D eigenvalue weighted by Gasteiger charge is -2.21. The topological polar surface area (TPSA) is 75.7 Å². The summed E-state index contributed by atoms with van der Waals surface area (Å²) >= 11 is 1.24. The first kappa shape index (κ1) is 17.3. The number of nitrogens with zero attached hydrogens (tertiary/aromatic N) is 1. The second-order valence-electron chi connectivity index (χ2n) is 5.35. The minimum absolute atomic E-state index is 0.00216. The second-order valence-corrected chi connectivity index (χ2v) is 6.55. The summed E-state index contributed by atoms with van der Waals surface area (Å²) in [4.78, 5) is 36.8. The number of carbonyl (C=O) groups excluding carboxylic acids is 3. The molecule has 2 rings (SSSR count). The normalized spacial score (nSPS) is 17.3. The highest BCUT2D eigenvalue weighted by Gasteiger charge is 2.32. The van der Waals surface area contributed by atoms with Crippen LogP contribution in [0.4, 0.5) is 11.4 Å². The molecular weight excluding hydrogens is 316 g/mol. The lowest BCUT2D eigenvalue weighted by molar-refractivity contribution is -0.117. The number of carbonyl (C=O) groups is 3. The molecule has 1 atom stereocenters. The molecule has 1 aliphatic heterocycles. The van der Waals surface area contributed by atoms with Crippen LogP contribution in [-0.2, 0) is 14.3 Å². The molecule has 0 bridgehead atoms. The molecule has 0 aliphatic carbocycles. The Bertz CT molecular complexity index is 633. The van der Waals surface area contributed by atoms with E-state index in [4.69, 9.17) is 4.74 Å². The third kappa shape index (κ3) is 4.04. The first-order valence-electron chi connectivity index (χ1n) is 7.30. The third-order valence-corrected chi connectivity index (χ3v) is 4.75. The fraction of sp³-hybridized carbons (Fsp3) is 0.438. The van der Waals surface area contributed by atoms with Crippen molar-refractivity contribution in [1.82, 2.24) is 0 Å². The van der Waals surface area contributed by atoms with Gasteiger partial charge in [-0.2, -0.15) is 0 Å². The highest BCUT2D eigenvalue weighted by atomic mass is 32.2. The van der Waals surface area contributed by atoms with E-state index in [0.29, 0.717) is 30.0 Å². The molecule has 0 saturated carbocycles. The van der Waals surface area contributed by atoms with Gasteiger partial charge in [-0.3, -0.25) is 9.59 Å². The zero-order valence-electron chi connectivity index (χ0n) is 13.4. The van der Waals surface area contributed by atoms with Gasteiger partial charge in [0.2, 0.25) is 5.91 Å². The Labute approximate surface area is 139 Å². The predicted molar refractivity (Wildman–Crippen MR) is 90.9 cm³/mol. The van der Waals surface area contributed by atoms with Crippen LogP contribution in [-0.4, -0.2) is 43.4 Å². The molecule has 0 aromatic heterocycles. The number of thioether (sulfide) groups is 1. The van der Waals surface area contributed by atoms with Gasteiger partial charge in [0.1, 0.15) is 0 Å². The van der Waals surface area contributed by atoms with E-state index in [1.54, 1.807) is 30.1 Å². The van der Waals surface area contributed by atoms with Gasteiger partial charge < -0.3 is 15.0 Å². The average Bonchev–Trinajstić information content (AvgIpc) is 2.92. The number of hydrogen-bond donors (Lipinski definition) is 1. The van der Waals surface area contributed by atoms with Crippen LogP contribution >= 0.6 is 11.8 Å². The molecule has 1 aromatic carbocycles. The molecule has 0 radical (unpaired) electrons. The first-order chi connectivity index (χ1) is 11.0. The molecule has 0 spiro atoms. The molecular formula is C16H20N2O4S. The number of anilines is 2. The average molecular weight is 336 g/mol. The monoisotopic (exact) mass is 336 g/mol. The van der Waals surface area contributed by atoms with Crippen LogP contribution in [0.2, 0.25) is 0 Å². The van der Waals surface area contributed by atoms with E-state index in [1.165, 1.54) is 25.8 Å². The van der Waals surface area contributed by atoms with E-state index in [1.807, 2.05) is 0 Å². The molecule has 124 valence electrons. The van der Waals surface area contributed by atoms with Gasteiger partial charge in [0, 0.05) is 32.7 Å². The number of esters is 1. The van der Waals surface area contributed by atoms with Gasteiger partial charge in [0.05, 0.1) is 24.0 Å². The number of rotatable bonds is 5. The van der Waals surface area contributed by atoms with Crippen LogP contribution in [0.5, 0.6) is 0 Å². The Kier molecular flexibility index (Phi) is 5.65. The van der Waals surface area contributed by atoms with Crippen LogP contribution < -0.4 is 10.2 Å². The molecule has 7 heteroatoms. The van der Waals surface area contributed by atoms with Crippen molar-refractivity contribution < 1.29 is 19.1 Å². The van der Waals surface area contributed by atoms with Gasteiger partial charge in [-0.15, -0.1) is 0 Å². The van der Waals surface area contributed by atoms with E-state index in [2.05, 4.69) is 5.32 Å². The van der Waals surface area contributed by atoms with Crippen molar-refractivity contribution in [2.75, 3.05) is 36.7 Å². The lowest BCUT2D eigenvalue weighted by atomic mass is 10.1. The molecule has 23 heavy (non-hydrogen) atoms. The highest BCUT2D eigenvalue weighted by molar-refractivity contribution is 8.13. The van der Waals surface area contributed by atoms with Gasteiger partial charge in [-0.25, -0.2) is 4.79 Å². The summed E-state index contributed by atoms with van der Waals surface area (Å²) in [6.07, 6.45) is 0.409. The van der Waals surface area contributed by atoms with Gasteiger partial charge in [0.15, 0.2) is 5.12 Å². The third-order valence-electron chi connectivity index (χ3n) is 3.71. The zero-order chi connectivity index (χ0) is 17.0. The van der Waals surface area contributed by atoms with Gasteiger partial charge in [0.25, 0.3) is 0 Å². The summed E-state index contributed by atoms with van der Waals surface area (Å²) in [5.41, 5.74) is 1.83. The van der Waals surface area contributed by atoms with E-state index < -0.39 is 5.97 Å². The van der Waals surface area contributed by atoms with Crippen LogP contribution in [0.1, 0.15) is 23.7 Å². The van der Waals surface area contributed by atoms with Crippen molar-refractivity contribution in [2.24, 2.45) is 5.92 Å². The molecule has 6 nitrogen and oxygen atoms in total. The summed E-state index contributed by atoms with van der Waals surface area (Å²) in [6, 6.07) is 5.08. The number of amides is 1. The highest BCUT2D eigenvalue weighted by Crippen LogP contribution is 2.33. The van der Waals surface area contributed by atoms with E-state index in [-0.39, 0.29) is 16.9 Å². The lowest BCUT2D eigenvalue weighted by Crippen LogP contribution is -2.26. The Balaban J connectivity index is 2.24. The van der Waals surface area contributed by atoms with Gasteiger partial charge in [-0.1, -0.05) is 11.8 Å². The van der Waals surface area contributed by atoms with Crippen molar-refractivity contribution in [3.8, 4) is 0 Å². The summed E-state index contributed by atoms with van der Waals surface area (Å²) in [5, 5.41) is 3.09. The van der Waals surface area contributed by atoms with Crippen molar-refractivity contribution in [2.45, 2.75) is 13.3 Å². The predicted octanol–water partition coefficient (Wildman–Crippen LogP) is 2.15. The molecule has 1 saturated heterocycles. The number of hydrogen-bond acceptors (Lipinski definition) is 6. The van der Waals surface area contributed by atoms with Crippen molar-refractivity contribution >= 4 is 40.1 Å². The van der Waals surface area contributed by atoms with E-state index in [0.717, 1.165) is 5.69 Å². The Morgan fingerprint density at radius 3 is 2.78 bits per heavy atom. The van der Waals surface area contributed by atoms with Crippen LogP contribution in [0, 0.1) is 5.92 Å². The summed E-state index contributed by atoms with van der Waals surface area (Å²) < 4.78 is 4.74. The smallest absolute Gasteiger partial charge is 0.337 e. The standard InChI is InChI=1S/C16H20N2O4S/c1-10(19)23-9-11-6-15(20)18(8-11)14-7-12(16(21)22-3)4-5-13(14)17-2/h4-5,7,11,17H,6,8-9H2,1-3H3. The van der Waals surface area contributed by atoms with Crippen LogP contribution in [0.25, 0.3) is 0 Å². The fourth-order valence-corrected chi connectivity index (χ4v) is 3.27.